The van der Waals surface area contributed by atoms with Gasteiger partial charge in [0.2, 0.25) is 0 Å². The van der Waals surface area contributed by atoms with E-state index in [-0.39, 0.29) is 24.3 Å². The lowest BCUT2D eigenvalue weighted by atomic mass is 10.2. The number of hydrogen-bond donors (Lipinski definition) is 1. The van der Waals surface area contributed by atoms with Crippen LogP contribution >= 0.6 is 11.6 Å². The fourth-order valence-corrected chi connectivity index (χ4v) is 1.34. The van der Waals surface area contributed by atoms with Crippen LogP contribution in [0, 0.1) is 0 Å². The van der Waals surface area contributed by atoms with E-state index in [1.807, 2.05) is 5.32 Å². The number of amidine groups is 1. The van der Waals surface area contributed by atoms with E-state index in [4.69, 9.17) is 11.6 Å². The maximum absolute atomic E-state index is 12.3. The van der Waals surface area contributed by atoms with Gasteiger partial charge in [0.05, 0.1) is 12.2 Å². The highest BCUT2D eigenvalue weighted by Crippen LogP contribution is 2.27. The number of quaternary nitrogens is 1. The minimum absolute atomic E-state index is 0. The number of nitrogens with two attached hydrogens (primary N) is 1. The highest BCUT2D eigenvalue weighted by molar-refractivity contribution is 6.25. The SMILES string of the molecule is CC1[NH2+]CC[N-]C1=N/C(=C\Cl)C(F)(F)F.[Cl-]. The summed E-state index contributed by atoms with van der Waals surface area (Å²) in [6.07, 6.45) is -4.53. The van der Waals surface area contributed by atoms with Gasteiger partial charge in [0.25, 0.3) is 0 Å². The predicted octanol–water partition coefficient (Wildman–Crippen LogP) is -1.63. The van der Waals surface area contributed by atoms with Gasteiger partial charge in [-0.25, -0.2) is 0 Å². The first-order valence-electron chi connectivity index (χ1n) is 4.42. The molecule has 0 aromatic carbocycles. The van der Waals surface area contributed by atoms with Gasteiger partial charge in [-0.3, -0.25) is 0 Å². The van der Waals surface area contributed by atoms with Crippen molar-refractivity contribution in [3.63, 3.8) is 0 Å². The second-order valence-corrected chi connectivity index (χ2v) is 3.38. The van der Waals surface area contributed by atoms with E-state index in [9.17, 15) is 13.2 Å². The summed E-state index contributed by atoms with van der Waals surface area (Å²) in [4.78, 5) is 3.43. The summed E-state index contributed by atoms with van der Waals surface area (Å²) in [6, 6.07) is -0.160. The van der Waals surface area contributed by atoms with Gasteiger partial charge in [-0.1, -0.05) is 11.6 Å². The van der Waals surface area contributed by atoms with Crippen molar-refractivity contribution in [2.75, 3.05) is 13.1 Å². The van der Waals surface area contributed by atoms with E-state index >= 15 is 0 Å². The van der Waals surface area contributed by atoms with Crippen molar-refractivity contribution in [2.24, 2.45) is 4.99 Å². The molecule has 16 heavy (non-hydrogen) atoms. The highest BCUT2D eigenvalue weighted by Gasteiger charge is 2.30. The molecular formula is C8H11Cl2F3N3-. The number of nitrogens with zero attached hydrogens (tertiary/aromatic N) is 2. The van der Waals surface area contributed by atoms with Gasteiger partial charge in [0.15, 0.2) is 0 Å². The highest BCUT2D eigenvalue weighted by atomic mass is 35.5. The minimum Gasteiger partial charge on any atom is -1.00 e. The zero-order valence-corrected chi connectivity index (χ0v) is 9.94. The Morgan fingerprint density at radius 3 is 2.69 bits per heavy atom. The van der Waals surface area contributed by atoms with Crippen molar-refractivity contribution in [3.05, 3.63) is 16.5 Å². The summed E-state index contributed by atoms with van der Waals surface area (Å²) in [5.74, 6) is 0.186. The van der Waals surface area contributed by atoms with Gasteiger partial charge in [-0.15, -0.1) is 0 Å². The predicted molar refractivity (Wildman–Crippen MR) is 51.9 cm³/mol. The smallest absolute Gasteiger partial charge is 0.413 e. The van der Waals surface area contributed by atoms with E-state index in [1.165, 1.54) is 0 Å². The lowest BCUT2D eigenvalue weighted by Gasteiger charge is -2.29. The summed E-state index contributed by atoms with van der Waals surface area (Å²) in [6.45, 7) is 3.01. The number of alkyl halides is 3. The molecule has 1 aliphatic rings. The van der Waals surface area contributed by atoms with Crippen LogP contribution in [0.3, 0.4) is 0 Å². The molecule has 2 N–H and O–H groups in total. The summed E-state index contributed by atoms with van der Waals surface area (Å²) in [5, 5.41) is 5.81. The van der Waals surface area contributed by atoms with E-state index in [1.54, 1.807) is 6.92 Å². The standard InChI is InChI=1S/C8H10ClF3N3.ClH/c1-5-7(14-3-2-13-5)15-6(4-9)8(10,11)12;/h4-5,13H,2-3H2,1H3;1H/q-1;/b6-4-;. The molecule has 1 aliphatic heterocycles. The van der Waals surface area contributed by atoms with Crippen LogP contribution in [0.15, 0.2) is 16.2 Å². The molecule has 1 rings (SSSR count). The van der Waals surface area contributed by atoms with Crippen LogP contribution in [0.4, 0.5) is 13.2 Å². The Morgan fingerprint density at radius 2 is 2.25 bits per heavy atom. The Labute approximate surface area is 103 Å². The Kier molecular flexibility index (Phi) is 6.14. The van der Waals surface area contributed by atoms with Crippen LogP contribution in [-0.4, -0.2) is 31.1 Å². The van der Waals surface area contributed by atoms with E-state index < -0.39 is 11.9 Å². The maximum Gasteiger partial charge on any atom is 0.413 e. The molecular weight excluding hydrogens is 266 g/mol. The van der Waals surface area contributed by atoms with Crippen molar-refractivity contribution in [1.82, 2.24) is 0 Å². The Morgan fingerprint density at radius 1 is 1.62 bits per heavy atom. The lowest BCUT2D eigenvalue weighted by molar-refractivity contribution is -0.670. The first-order valence-corrected chi connectivity index (χ1v) is 4.85. The molecule has 1 atom stereocenters. The number of aliphatic imine (C=N–C) groups is 1. The Balaban J connectivity index is 0.00000225. The first kappa shape index (κ1) is 15.5. The molecule has 1 unspecified atom stereocenters. The van der Waals surface area contributed by atoms with Gasteiger partial charge in [-0.05, 0) is 19.3 Å². The van der Waals surface area contributed by atoms with E-state index in [2.05, 4.69) is 10.3 Å². The zero-order chi connectivity index (χ0) is 11.5. The van der Waals surface area contributed by atoms with Gasteiger partial charge >= 0.3 is 6.18 Å². The molecule has 0 spiro atoms. The Bertz CT molecular complexity index is 289. The molecule has 0 saturated carbocycles. The summed E-state index contributed by atoms with van der Waals surface area (Å²) >= 11 is 5.08. The molecule has 3 nitrogen and oxygen atoms in total. The summed E-state index contributed by atoms with van der Waals surface area (Å²) < 4.78 is 36.9. The van der Waals surface area contributed by atoms with Crippen molar-refractivity contribution in [2.45, 2.75) is 19.1 Å². The van der Waals surface area contributed by atoms with Crippen molar-refractivity contribution in [3.8, 4) is 0 Å². The summed E-state index contributed by atoms with van der Waals surface area (Å²) in [7, 11) is 0. The number of hydrogen-bond acceptors (Lipinski definition) is 1. The van der Waals surface area contributed by atoms with Crippen LogP contribution < -0.4 is 17.7 Å². The maximum atomic E-state index is 12.3. The molecule has 1 heterocycles. The third kappa shape index (κ3) is 4.19. The molecule has 0 amide bonds. The van der Waals surface area contributed by atoms with E-state index in [0.717, 1.165) is 6.54 Å². The monoisotopic (exact) mass is 276 g/mol. The van der Waals surface area contributed by atoms with Gasteiger partial charge in [0.1, 0.15) is 6.04 Å². The average Bonchev–Trinajstić information content (AvgIpc) is 2.14. The van der Waals surface area contributed by atoms with Crippen molar-refractivity contribution < 1.29 is 30.9 Å². The third-order valence-electron chi connectivity index (χ3n) is 1.96. The van der Waals surface area contributed by atoms with Crippen LogP contribution in [0.5, 0.6) is 0 Å². The third-order valence-corrected chi connectivity index (χ3v) is 2.17. The molecule has 8 heteroatoms. The van der Waals surface area contributed by atoms with E-state index in [0.29, 0.717) is 12.1 Å². The molecule has 94 valence electrons. The molecule has 1 saturated heterocycles. The fraction of sp³-hybridized carbons (Fsp3) is 0.625. The second kappa shape index (κ2) is 6.32. The number of rotatable bonds is 1. The lowest BCUT2D eigenvalue weighted by Crippen LogP contribution is -3.00. The topological polar surface area (TPSA) is 43.1 Å². The first-order chi connectivity index (χ1) is 6.95. The Hall–Kier alpha value is -0.460. The van der Waals surface area contributed by atoms with Crippen molar-refractivity contribution >= 4 is 17.4 Å². The minimum atomic E-state index is -4.53. The van der Waals surface area contributed by atoms with Crippen LogP contribution in [0.1, 0.15) is 6.92 Å². The van der Waals surface area contributed by atoms with Crippen molar-refractivity contribution in [1.29, 1.82) is 0 Å². The summed E-state index contributed by atoms with van der Waals surface area (Å²) in [5.41, 5.74) is -0.672. The number of halogens is 5. The molecule has 1 fully saturated rings. The van der Waals surface area contributed by atoms with Crippen LogP contribution in [0.25, 0.3) is 5.32 Å². The van der Waals surface area contributed by atoms with Crippen LogP contribution in [0.2, 0.25) is 0 Å². The normalized spacial score (nSPS) is 24.9. The molecule has 0 bridgehead atoms. The number of allylic oxidation sites excluding steroid dienone is 1. The fourth-order valence-electron chi connectivity index (χ4n) is 1.16. The molecule has 0 aromatic heterocycles. The molecule has 0 aliphatic carbocycles. The quantitative estimate of drug-likeness (QED) is 0.598. The largest absolute Gasteiger partial charge is 1.00 e. The molecule has 0 aromatic rings. The zero-order valence-electron chi connectivity index (χ0n) is 8.43. The van der Waals surface area contributed by atoms with Gasteiger partial charge in [0, 0.05) is 5.54 Å². The second-order valence-electron chi connectivity index (χ2n) is 3.16. The van der Waals surface area contributed by atoms with Gasteiger partial charge < -0.3 is 28.0 Å². The van der Waals surface area contributed by atoms with Gasteiger partial charge in [-0.2, -0.15) is 13.2 Å². The molecule has 0 radical (unpaired) electrons. The average molecular weight is 277 g/mol. The number of piperazine rings is 1. The van der Waals surface area contributed by atoms with Crippen LogP contribution in [-0.2, 0) is 0 Å².